The Morgan fingerprint density at radius 3 is 2.61 bits per heavy atom. The largest absolute Gasteiger partial charge is 0.494 e. The minimum Gasteiger partial charge on any atom is -0.494 e. The van der Waals surface area contributed by atoms with E-state index in [1.807, 2.05) is 0 Å². The van der Waals surface area contributed by atoms with Crippen LogP contribution in [0.4, 0.5) is 0 Å². The average molecular weight is 436 g/mol. The van der Waals surface area contributed by atoms with E-state index in [0.717, 1.165) is 69.9 Å². The minimum atomic E-state index is 0.747. The number of aliphatic imine (C=N–C) groups is 1. The third-order valence-electron chi connectivity index (χ3n) is 6.10. The topological polar surface area (TPSA) is 37.3 Å². The zero-order valence-electron chi connectivity index (χ0n) is 18.0. The lowest BCUT2D eigenvalue weighted by Gasteiger charge is -2.26. The smallest absolute Gasteiger partial charge is 0.169 e. The first-order valence-corrected chi connectivity index (χ1v) is 11.9. The fraction of sp³-hybridized carbons (Fsp3) is 0.400. The maximum atomic E-state index is 5.98. The van der Waals surface area contributed by atoms with Crippen molar-refractivity contribution in [1.82, 2.24) is 9.80 Å². The Morgan fingerprint density at radius 1 is 1.03 bits per heavy atom. The fourth-order valence-electron chi connectivity index (χ4n) is 4.25. The van der Waals surface area contributed by atoms with Gasteiger partial charge in [-0.2, -0.15) is 0 Å². The summed E-state index contributed by atoms with van der Waals surface area (Å²) < 4.78 is 11.4. The highest BCUT2D eigenvalue weighted by molar-refractivity contribution is 8.22. The maximum absolute atomic E-state index is 5.98. The van der Waals surface area contributed by atoms with E-state index in [0.29, 0.717) is 0 Å². The van der Waals surface area contributed by atoms with Crippen LogP contribution in [0.5, 0.6) is 5.75 Å². The Hall–Kier alpha value is -2.28. The lowest BCUT2D eigenvalue weighted by Crippen LogP contribution is -2.37. The molecule has 3 heterocycles. The molecule has 0 spiro atoms. The Balaban J connectivity index is 1.20. The molecular formula is C25H29N3O2S. The van der Waals surface area contributed by atoms with E-state index in [1.165, 1.54) is 27.3 Å². The van der Waals surface area contributed by atoms with Crippen LogP contribution >= 0.6 is 11.8 Å². The predicted octanol–water partition coefficient (Wildman–Crippen LogP) is 4.59. The van der Waals surface area contributed by atoms with E-state index in [1.54, 1.807) is 11.8 Å². The molecule has 0 bridgehead atoms. The summed E-state index contributed by atoms with van der Waals surface area (Å²) in [7, 11) is 0. The number of ether oxygens (including phenoxy) is 2. The quantitative estimate of drug-likeness (QED) is 0.620. The molecule has 5 rings (SSSR count). The summed E-state index contributed by atoms with van der Waals surface area (Å²) in [5.41, 5.74) is 5.20. The molecule has 2 aromatic carbocycles. The highest BCUT2D eigenvalue weighted by Gasteiger charge is 2.29. The fourth-order valence-corrected chi connectivity index (χ4v) is 5.39. The molecule has 0 saturated carbocycles. The van der Waals surface area contributed by atoms with E-state index in [2.05, 4.69) is 65.3 Å². The van der Waals surface area contributed by atoms with Gasteiger partial charge in [-0.25, -0.2) is 0 Å². The van der Waals surface area contributed by atoms with Gasteiger partial charge < -0.3 is 14.4 Å². The number of amidine groups is 1. The average Bonchev–Trinajstić information content (AvgIpc) is 3.00. The van der Waals surface area contributed by atoms with Crippen molar-refractivity contribution in [3.05, 3.63) is 70.9 Å². The van der Waals surface area contributed by atoms with Crippen LogP contribution in [0, 0.1) is 0 Å². The van der Waals surface area contributed by atoms with E-state index in [-0.39, 0.29) is 0 Å². The van der Waals surface area contributed by atoms with Crippen molar-refractivity contribution in [2.75, 3.05) is 39.5 Å². The van der Waals surface area contributed by atoms with Crippen LogP contribution in [0.15, 0.2) is 59.2 Å². The number of allylic oxidation sites excluding steroid dienone is 1. The molecule has 0 unspecified atom stereocenters. The monoisotopic (exact) mass is 435 g/mol. The van der Waals surface area contributed by atoms with Gasteiger partial charge in [-0.05, 0) is 53.9 Å². The van der Waals surface area contributed by atoms with Gasteiger partial charge >= 0.3 is 0 Å². The normalized spacial score (nSPS) is 19.0. The summed E-state index contributed by atoms with van der Waals surface area (Å²) in [6, 6.07) is 17.1. The van der Waals surface area contributed by atoms with Gasteiger partial charge in [-0.15, -0.1) is 0 Å². The Morgan fingerprint density at radius 2 is 1.81 bits per heavy atom. The first-order chi connectivity index (χ1) is 15.3. The third-order valence-corrected chi connectivity index (χ3v) is 7.36. The second-order valence-corrected chi connectivity index (χ2v) is 9.13. The summed E-state index contributed by atoms with van der Waals surface area (Å²) in [6.07, 6.45) is 1.04. The van der Waals surface area contributed by atoms with Crippen LogP contribution < -0.4 is 4.74 Å². The molecule has 6 heteroatoms. The van der Waals surface area contributed by atoms with Crippen LogP contribution in [0.2, 0.25) is 0 Å². The lowest BCUT2D eigenvalue weighted by atomic mass is 10.1. The van der Waals surface area contributed by atoms with Gasteiger partial charge in [0.2, 0.25) is 0 Å². The van der Waals surface area contributed by atoms with Crippen LogP contribution in [0.1, 0.15) is 30.0 Å². The van der Waals surface area contributed by atoms with Crippen LogP contribution in [-0.4, -0.2) is 54.4 Å². The number of hydrogen-bond donors (Lipinski definition) is 0. The van der Waals surface area contributed by atoms with Crippen molar-refractivity contribution in [2.24, 2.45) is 4.99 Å². The van der Waals surface area contributed by atoms with Crippen molar-refractivity contribution in [1.29, 1.82) is 0 Å². The molecule has 0 amide bonds. The second-order valence-electron chi connectivity index (χ2n) is 8.15. The number of thioether (sulfide) groups is 1. The summed E-state index contributed by atoms with van der Waals surface area (Å²) in [5, 5.41) is 1.10. The molecule has 1 saturated heterocycles. The van der Waals surface area contributed by atoms with Gasteiger partial charge in [-0.3, -0.25) is 9.89 Å². The molecule has 0 aromatic heterocycles. The van der Waals surface area contributed by atoms with Gasteiger partial charge in [0, 0.05) is 30.2 Å². The Bertz CT molecular complexity index is 981. The van der Waals surface area contributed by atoms with Gasteiger partial charge in [0.1, 0.15) is 5.75 Å². The van der Waals surface area contributed by atoms with Crippen molar-refractivity contribution in [3.8, 4) is 5.75 Å². The summed E-state index contributed by atoms with van der Waals surface area (Å²) in [4.78, 5) is 11.0. The molecular weight excluding hydrogens is 406 g/mol. The summed E-state index contributed by atoms with van der Waals surface area (Å²) >= 11 is 1.78. The zero-order valence-corrected chi connectivity index (χ0v) is 18.9. The van der Waals surface area contributed by atoms with E-state index < -0.39 is 0 Å². The number of hydrogen-bond acceptors (Lipinski definition) is 6. The molecule has 162 valence electrons. The molecule has 0 N–H and O–H groups in total. The Kier molecular flexibility index (Phi) is 6.30. The molecule has 0 atom stereocenters. The summed E-state index contributed by atoms with van der Waals surface area (Å²) in [5.74, 6) is 0.938. The minimum absolute atomic E-state index is 0.747. The molecule has 3 aliphatic heterocycles. The summed E-state index contributed by atoms with van der Waals surface area (Å²) in [6.45, 7) is 9.45. The SMILES string of the molecule is CC1=C(c2ccc(OCCCN3CCOCC3)cc2)SC2=NCc3ccccc3CN21. The lowest BCUT2D eigenvalue weighted by molar-refractivity contribution is 0.0358. The molecule has 3 aliphatic rings. The van der Waals surface area contributed by atoms with E-state index in [4.69, 9.17) is 14.5 Å². The van der Waals surface area contributed by atoms with Crippen molar-refractivity contribution in [2.45, 2.75) is 26.4 Å². The molecule has 5 nitrogen and oxygen atoms in total. The molecule has 0 radical (unpaired) electrons. The van der Waals surface area contributed by atoms with Gasteiger partial charge in [-0.1, -0.05) is 36.4 Å². The standard InChI is InChI=1S/C25H29N3O2S/c1-19-24(31-25-26-17-21-5-2-3-6-22(21)18-28(19)25)20-7-9-23(10-8-20)30-14-4-11-27-12-15-29-16-13-27/h2-3,5-10H,4,11-18H2,1H3. The number of rotatable bonds is 6. The van der Waals surface area contributed by atoms with Gasteiger partial charge in [0.05, 0.1) is 32.9 Å². The van der Waals surface area contributed by atoms with Gasteiger partial charge in [0.25, 0.3) is 0 Å². The van der Waals surface area contributed by atoms with E-state index in [9.17, 15) is 0 Å². The molecule has 2 aromatic rings. The Labute approximate surface area is 188 Å². The van der Waals surface area contributed by atoms with Crippen LogP contribution in [0.3, 0.4) is 0 Å². The van der Waals surface area contributed by atoms with E-state index >= 15 is 0 Å². The first-order valence-electron chi connectivity index (χ1n) is 11.1. The van der Waals surface area contributed by atoms with Crippen molar-refractivity contribution in [3.63, 3.8) is 0 Å². The number of nitrogens with zero attached hydrogens (tertiary/aromatic N) is 3. The molecule has 31 heavy (non-hydrogen) atoms. The highest BCUT2D eigenvalue weighted by atomic mass is 32.2. The predicted molar refractivity (Wildman–Crippen MR) is 127 cm³/mol. The zero-order chi connectivity index (χ0) is 21.0. The second kappa shape index (κ2) is 9.47. The first kappa shape index (κ1) is 20.6. The third kappa shape index (κ3) is 4.66. The van der Waals surface area contributed by atoms with Crippen molar-refractivity contribution < 1.29 is 9.47 Å². The molecule has 0 aliphatic carbocycles. The number of fused-ring (bicyclic) bond motifs is 2. The van der Waals surface area contributed by atoms with Crippen LogP contribution in [0.25, 0.3) is 4.91 Å². The van der Waals surface area contributed by atoms with Crippen molar-refractivity contribution >= 4 is 21.8 Å². The highest BCUT2D eigenvalue weighted by Crippen LogP contribution is 2.43. The molecule has 1 fully saturated rings. The van der Waals surface area contributed by atoms with Gasteiger partial charge in [0.15, 0.2) is 5.17 Å². The maximum Gasteiger partial charge on any atom is 0.169 e. The number of morpholine rings is 1. The number of benzene rings is 2. The van der Waals surface area contributed by atoms with Crippen LogP contribution in [-0.2, 0) is 17.8 Å².